The maximum absolute atomic E-state index is 13.0. The van der Waals surface area contributed by atoms with Gasteiger partial charge < -0.3 is 19.7 Å². The molecule has 1 aliphatic heterocycles. The maximum Gasteiger partial charge on any atom is 0.321 e. The molecule has 0 bridgehead atoms. The number of carbonyl (C=O) groups excluding carboxylic acids is 1. The Hall–Kier alpha value is -3.06. The second kappa shape index (κ2) is 8.36. The molecule has 2 amide bonds. The van der Waals surface area contributed by atoms with Crippen molar-refractivity contribution in [1.82, 2.24) is 14.5 Å². The van der Waals surface area contributed by atoms with Crippen molar-refractivity contribution in [2.75, 3.05) is 36.4 Å². The van der Waals surface area contributed by atoms with Crippen LogP contribution in [-0.2, 0) is 6.54 Å². The molecule has 7 nitrogen and oxygen atoms in total. The second-order valence-electron chi connectivity index (χ2n) is 7.29. The van der Waals surface area contributed by atoms with E-state index in [9.17, 15) is 9.59 Å². The van der Waals surface area contributed by atoms with Gasteiger partial charge in [0.25, 0.3) is 5.56 Å². The van der Waals surface area contributed by atoms with Crippen LogP contribution in [0.25, 0.3) is 11.0 Å². The molecular formula is C22H24ClN5O2. The quantitative estimate of drug-likeness (QED) is 0.694. The molecule has 0 atom stereocenters. The zero-order valence-corrected chi connectivity index (χ0v) is 17.8. The van der Waals surface area contributed by atoms with Crippen molar-refractivity contribution in [1.29, 1.82) is 0 Å². The lowest BCUT2D eigenvalue weighted by atomic mass is 10.2. The predicted octanol–water partition coefficient (Wildman–Crippen LogP) is 3.73. The molecule has 0 aliphatic carbocycles. The van der Waals surface area contributed by atoms with Gasteiger partial charge in [-0.2, -0.15) is 0 Å². The molecule has 0 spiro atoms. The number of nitrogens with one attached hydrogen (secondary N) is 1. The van der Waals surface area contributed by atoms with Crippen LogP contribution in [0.5, 0.6) is 0 Å². The van der Waals surface area contributed by atoms with E-state index in [2.05, 4.69) is 10.3 Å². The Bertz CT molecular complexity index is 1150. The Morgan fingerprint density at radius 1 is 1.10 bits per heavy atom. The van der Waals surface area contributed by atoms with Crippen molar-refractivity contribution in [2.45, 2.75) is 20.4 Å². The minimum atomic E-state index is -0.169. The highest BCUT2D eigenvalue weighted by Gasteiger charge is 2.25. The van der Waals surface area contributed by atoms with E-state index in [1.165, 1.54) is 0 Å². The van der Waals surface area contributed by atoms with Crippen molar-refractivity contribution in [3.05, 3.63) is 63.4 Å². The highest BCUT2D eigenvalue weighted by atomic mass is 35.5. The lowest BCUT2D eigenvalue weighted by Gasteiger charge is -2.35. The maximum atomic E-state index is 13.0. The molecule has 2 heterocycles. The fourth-order valence-corrected chi connectivity index (χ4v) is 3.93. The smallest absolute Gasteiger partial charge is 0.321 e. The van der Waals surface area contributed by atoms with Gasteiger partial charge in [-0.1, -0.05) is 29.8 Å². The lowest BCUT2D eigenvalue weighted by Crippen LogP contribution is -2.51. The third-order valence-corrected chi connectivity index (χ3v) is 5.94. The molecule has 0 unspecified atom stereocenters. The van der Waals surface area contributed by atoms with Crippen LogP contribution >= 0.6 is 11.6 Å². The van der Waals surface area contributed by atoms with Crippen LogP contribution in [0.15, 0.2) is 47.3 Å². The summed E-state index contributed by atoms with van der Waals surface area (Å²) in [4.78, 5) is 34.0. The Kier molecular flexibility index (Phi) is 5.63. The fourth-order valence-electron chi connectivity index (χ4n) is 3.76. The molecule has 0 radical (unpaired) electrons. The molecule has 3 aromatic rings. The summed E-state index contributed by atoms with van der Waals surface area (Å²) in [6, 6.07) is 12.9. The normalized spacial score (nSPS) is 14.2. The summed E-state index contributed by atoms with van der Waals surface area (Å²) in [7, 11) is 0. The molecular weight excluding hydrogens is 402 g/mol. The van der Waals surface area contributed by atoms with Gasteiger partial charge >= 0.3 is 6.03 Å². The van der Waals surface area contributed by atoms with Crippen molar-refractivity contribution >= 4 is 40.2 Å². The van der Waals surface area contributed by atoms with Gasteiger partial charge in [0.1, 0.15) is 0 Å². The van der Waals surface area contributed by atoms with Gasteiger partial charge in [0.05, 0.1) is 11.0 Å². The molecule has 1 fully saturated rings. The van der Waals surface area contributed by atoms with E-state index in [0.717, 1.165) is 16.6 Å². The third kappa shape index (κ3) is 3.73. The highest BCUT2D eigenvalue weighted by Crippen LogP contribution is 2.23. The highest BCUT2D eigenvalue weighted by molar-refractivity contribution is 6.31. The van der Waals surface area contributed by atoms with E-state index in [1.807, 2.05) is 55.1 Å². The number of hydrogen-bond donors (Lipinski definition) is 1. The number of aromatic nitrogens is 2. The van der Waals surface area contributed by atoms with E-state index >= 15 is 0 Å². The number of para-hydroxylation sites is 2. The largest absolute Gasteiger partial charge is 0.348 e. The average molecular weight is 426 g/mol. The molecule has 1 saturated heterocycles. The first-order valence-electron chi connectivity index (χ1n) is 10.0. The Morgan fingerprint density at radius 2 is 1.83 bits per heavy atom. The second-order valence-corrected chi connectivity index (χ2v) is 7.70. The SMILES string of the molecule is CCn1c(=O)c(N2CCN(C(=O)Nc3cccc(Cl)c3C)CC2)nc2ccccc21. The predicted molar refractivity (Wildman–Crippen MR) is 121 cm³/mol. The van der Waals surface area contributed by atoms with E-state index in [1.54, 1.807) is 15.5 Å². The number of piperazine rings is 1. The summed E-state index contributed by atoms with van der Waals surface area (Å²) in [5, 5.41) is 3.55. The number of anilines is 2. The number of halogens is 1. The zero-order chi connectivity index (χ0) is 21.3. The Labute approximate surface area is 179 Å². The third-order valence-electron chi connectivity index (χ3n) is 5.53. The first-order chi connectivity index (χ1) is 14.5. The van der Waals surface area contributed by atoms with E-state index in [4.69, 9.17) is 11.6 Å². The van der Waals surface area contributed by atoms with Gasteiger partial charge in [-0.3, -0.25) is 4.79 Å². The molecule has 156 valence electrons. The molecule has 2 aromatic carbocycles. The van der Waals surface area contributed by atoms with Crippen LogP contribution in [0.1, 0.15) is 12.5 Å². The number of hydrogen-bond acceptors (Lipinski definition) is 4. The van der Waals surface area contributed by atoms with Gasteiger partial charge in [-0.05, 0) is 43.7 Å². The number of urea groups is 1. The first-order valence-corrected chi connectivity index (χ1v) is 10.4. The van der Waals surface area contributed by atoms with Crippen molar-refractivity contribution in [3.63, 3.8) is 0 Å². The molecule has 30 heavy (non-hydrogen) atoms. The van der Waals surface area contributed by atoms with Crippen molar-refractivity contribution in [2.24, 2.45) is 0 Å². The number of benzene rings is 2. The number of fused-ring (bicyclic) bond motifs is 1. The van der Waals surface area contributed by atoms with Crippen LogP contribution in [0.3, 0.4) is 0 Å². The van der Waals surface area contributed by atoms with Crippen molar-refractivity contribution < 1.29 is 4.79 Å². The van der Waals surface area contributed by atoms with Crippen LogP contribution in [0, 0.1) is 6.92 Å². The average Bonchev–Trinajstić information content (AvgIpc) is 2.76. The molecule has 4 rings (SSSR count). The Morgan fingerprint density at radius 3 is 2.57 bits per heavy atom. The van der Waals surface area contributed by atoms with E-state index < -0.39 is 0 Å². The van der Waals surface area contributed by atoms with Gasteiger partial charge in [0, 0.05) is 43.4 Å². The van der Waals surface area contributed by atoms with Crippen LogP contribution in [0.2, 0.25) is 5.02 Å². The van der Waals surface area contributed by atoms with Crippen molar-refractivity contribution in [3.8, 4) is 0 Å². The molecule has 0 saturated carbocycles. The summed E-state index contributed by atoms with van der Waals surface area (Å²) in [5.41, 5.74) is 3.08. The van der Waals surface area contributed by atoms with E-state index in [0.29, 0.717) is 49.3 Å². The van der Waals surface area contributed by atoms with Gasteiger partial charge in [-0.25, -0.2) is 9.78 Å². The number of amides is 2. The van der Waals surface area contributed by atoms with Crippen LogP contribution < -0.4 is 15.8 Å². The first kappa shape index (κ1) is 20.2. The zero-order valence-electron chi connectivity index (χ0n) is 17.1. The standard InChI is InChI=1S/C22H24ClN5O2/c1-3-28-19-10-5-4-8-18(19)24-20(21(28)29)26-11-13-27(14-12-26)22(30)25-17-9-6-7-16(23)15(17)2/h4-10H,3,11-14H2,1-2H3,(H,25,30). The summed E-state index contributed by atoms with van der Waals surface area (Å²) >= 11 is 6.14. The van der Waals surface area contributed by atoms with E-state index in [-0.39, 0.29) is 11.6 Å². The van der Waals surface area contributed by atoms with Gasteiger partial charge in [0.15, 0.2) is 5.82 Å². The van der Waals surface area contributed by atoms with Crippen LogP contribution in [-0.4, -0.2) is 46.7 Å². The molecule has 1 N–H and O–H groups in total. The van der Waals surface area contributed by atoms with Gasteiger partial charge in [0.2, 0.25) is 0 Å². The summed E-state index contributed by atoms with van der Waals surface area (Å²) in [5.74, 6) is 0.446. The topological polar surface area (TPSA) is 70.5 Å². The summed E-state index contributed by atoms with van der Waals surface area (Å²) < 4.78 is 1.75. The van der Waals surface area contributed by atoms with Gasteiger partial charge in [-0.15, -0.1) is 0 Å². The molecule has 1 aromatic heterocycles. The number of carbonyl (C=O) groups is 1. The van der Waals surface area contributed by atoms with Crippen LogP contribution in [0.4, 0.5) is 16.3 Å². The monoisotopic (exact) mass is 425 g/mol. The number of nitrogens with zero attached hydrogens (tertiary/aromatic N) is 4. The fraction of sp³-hybridized carbons (Fsp3) is 0.318. The molecule has 1 aliphatic rings. The Balaban J connectivity index is 1.50. The lowest BCUT2D eigenvalue weighted by molar-refractivity contribution is 0.208. The summed E-state index contributed by atoms with van der Waals surface area (Å²) in [6.45, 7) is 6.52. The summed E-state index contributed by atoms with van der Waals surface area (Å²) in [6.07, 6.45) is 0. The molecule has 8 heteroatoms. The minimum absolute atomic E-state index is 0.0938. The minimum Gasteiger partial charge on any atom is -0.348 e. The number of rotatable bonds is 3. The number of aryl methyl sites for hydroxylation is 1.